The predicted octanol–water partition coefficient (Wildman–Crippen LogP) is -34.6. The van der Waals surface area contributed by atoms with Crippen molar-refractivity contribution in [3.8, 4) is 0 Å². The molecule has 0 radical (unpaired) electrons. The van der Waals surface area contributed by atoms with Gasteiger partial charge < -0.3 is 124 Å². The first-order valence-electron chi connectivity index (χ1n) is 1.51. The zero-order chi connectivity index (χ0) is 9.00. The SMILES string of the molecule is O.O.O.O.O.O.O.O.O.O.O.O.O=P([O-])(O)O.O=P([O-])([O-])O.[Cl-].[Cl-].[K+].[K+].[Na+].[Na+].[Na+]. The van der Waals surface area contributed by atoms with Gasteiger partial charge in [0.25, 0.3) is 7.82 Å². The second-order valence-electron chi connectivity index (χ2n) is 0.959. The van der Waals surface area contributed by atoms with Crippen LogP contribution in [0.5, 0.6) is 0 Å². The van der Waals surface area contributed by atoms with E-state index in [1.807, 2.05) is 0 Å². The fourth-order valence-electron chi connectivity index (χ4n) is 0. The van der Waals surface area contributed by atoms with Crippen molar-refractivity contribution >= 4 is 15.6 Å². The van der Waals surface area contributed by atoms with Gasteiger partial charge >= 0.3 is 191 Å². The van der Waals surface area contributed by atoms with Crippen LogP contribution in [0.3, 0.4) is 0 Å². The van der Waals surface area contributed by atoms with Gasteiger partial charge in [-0.05, 0) is 0 Å². The Kier molecular flexibility index (Phi) is 779. The minimum absolute atomic E-state index is 0. The summed E-state index contributed by atoms with van der Waals surface area (Å²) in [5.74, 6) is 0. The summed E-state index contributed by atoms with van der Waals surface area (Å²) in [5.41, 5.74) is 0. The maximum atomic E-state index is 8.77. The third-order valence-corrected chi connectivity index (χ3v) is 0. The molecule has 0 spiro atoms. The zero-order valence-corrected chi connectivity index (χ0v) is 31.6. The summed E-state index contributed by atoms with van der Waals surface area (Å²) in [7, 11) is -10.0. The van der Waals surface area contributed by atoms with Crippen LogP contribution in [0.2, 0.25) is 0 Å². The van der Waals surface area contributed by atoms with Crippen molar-refractivity contribution in [3.05, 3.63) is 0 Å². The van der Waals surface area contributed by atoms with E-state index in [9.17, 15) is 0 Å². The average molecular weight is 627 g/mol. The Morgan fingerprint density at radius 3 is 0.448 bits per heavy atom. The van der Waals surface area contributed by atoms with Crippen molar-refractivity contribution in [2.24, 2.45) is 0 Å². The van der Waals surface area contributed by atoms with Crippen LogP contribution < -0.4 is 231 Å². The molecule has 0 aromatic carbocycles. The molecular weight excluding hydrogens is 600 g/mol. The van der Waals surface area contributed by atoms with E-state index in [1.165, 1.54) is 0 Å². The van der Waals surface area contributed by atoms with E-state index in [1.54, 1.807) is 0 Å². The molecule has 176 valence electrons. The molecule has 0 unspecified atom stereocenters. The topological polar surface area (TPSA) is 542 Å². The maximum Gasteiger partial charge on any atom is 1.00 e. The van der Waals surface area contributed by atoms with Gasteiger partial charge in [-0.25, -0.2) is 0 Å². The first-order chi connectivity index (χ1) is 4.00. The van der Waals surface area contributed by atoms with Gasteiger partial charge in [0.05, 0.1) is 7.82 Å². The van der Waals surface area contributed by atoms with Crippen LogP contribution in [-0.4, -0.2) is 80.4 Å². The molecule has 27 N–H and O–H groups in total. The summed E-state index contributed by atoms with van der Waals surface area (Å²) >= 11 is 0. The van der Waals surface area contributed by atoms with Crippen LogP contribution in [0.25, 0.3) is 0 Å². The number of hydrogen-bond donors (Lipinski definition) is 3. The number of hydrogen-bond acceptors (Lipinski definition) is 5. The molecule has 0 aromatic rings. The third kappa shape index (κ3) is 845. The summed E-state index contributed by atoms with van der Waals surface area (Å²) in [5, 5.41) is 0. The normalized spacial score (nSPS) is 4.07. The van der Waals surface area contributed by atoms with E-state index in [0.29, 0.717) is 0 Å². The van der Waals surface area contributed by atoms with Crippen molar-refractivity contribution in [1.29, 1.82) is 0 Å². The van der Waals surface area contributed by atoms with Gasteiger partial charge in [0.1, 0.15) is 0 Å². The first-order valence-corrected chi connectivity index (χ1v) is 4.54. The third-order valence-electron chi connectivity index (χ3n) is 0. The van der Waals surface area contributed by atoms with Crippen LogP contribution in [-0.2, 0) is 9.13 Å². The zero-order valence-electron chi connectivity index (χ0n) is 16.0. The Hall–Kier alpha value is 6.59. The molecule has 29 heavy (non-hydrogen) atoms. The molecule has 0 bridgehead atoms. The summed E-state index contributed by atoms with van der Waals surface area (Å²) < 4.78 is 17.4. The van der Waals surface area contributed by atoms with Crippen LogP contribution in [0.15, 0.2) is 0 Å². The quantitative estimate of drug-likeness (QED) is 0.170. The molecule has 0 aliphatic carbocycles. The minimum Gasteiger partial charge on any atom is -1.00 e. The standard InChI is InChI=1S/2ClH.2K.3Na.2H3O4P.12H2O/c;;;;;;;2*1-5(2,3)4;;;;;;;;;;;;/h2*1H;;;;;;2*(H3,1,2,3,4);12*1H2/q;;5*+1;;;;;;;;;;;;;;/p-5. The van der Waals surface area contributed by atoms with Crippen molar-refractivity contribution < 1.29 is 320 Å². The Morgan fingerprint density at radius 2 is 0.448 bits per heavy atom. The van der Waals surface area contributed by atoms with E-state index < -0.39 is 15.6 Å². The van der Waals surface area contributed by atoms with Crippen LogP contribution >= 0.6 is 15.6 Å². The maximum absolute atomic E-state index is 8.77. The average Bonchev–Trinajstić information content (AvgIpc) is 1.12. The molecule has 20 nitrogen and oxygen atoms in total. The molecule has 0 aliphatic heterocycles. The molecule has 0 heterocycles. The molecule has 29 heteroatoms. The number of halogens is 2. The summed E-state index contributed by atoms with van der Waals surface area (Å²) in [6.07, 6.45) is 0. The molecule has 0 atom stereocenters. The van der Waals surface area contributed by atoms with E-state index in [0.717, 1.165) is 0 Å². The molecule has 0 saturated carbocycles. The minimum atomic E-state index is -5.14. The van der Waals surface area contributed by atoms with Crippen molar-refractivity contribution in [1.82, 2.24) is 0 Å². The van der Waals surface area contributed by atoms with Crippen molar-refractivity contribution in [3.63, 3.8) is 0 Å². The molecule has 0 amide bonds. The van der Waals surface area contributed by atoms with Crippen molar-refractivity contribution in [2.45, 2.75) is 0 Å². The van der Waals surface area contributed by atoms with Gasteiger partial charge in [-0.1, -0.05) is 0 Å². The predicted molar refractivity (Wildman–Crippen MR) is 65.2 cm³/mol. The van der Waals surface area contributed by atoms with E-state index >= 15 is 0 Å². The van der Waals surface area contributed by atoms with Gasteiger partial charge in [0.2, 0.25) is 0 Å². The Balaban J connectivity index is -0.00000000140. The second-order valence-corrected chi connectivity index (χ2v) is 2.88. The number of rotatable bonds is 0. The molecule has 0 fully saturated rings. The smallest absolute Gasteiger partial charge is 1.00 e. The van der Waals surface area contributed by atoms with Gasteiger partial charge in [0, 0.05) is 0 Å². The second kappa shape index (κ2) is 113. The Bertz CT molecular complexity index is 156. The summed E-state index contributed by atoms with van der Waals surface area (Å²) in [4.78, 5) is 47.2. The van der Waals surface area contributed by atoms with E-state index in [2.05, 4.69) is 0 Å². The molecule has 0 saturated heterocycles. The largest absolute Gasteiger partial charge is 1.00 e. The first kappa shape index (κ1) is 200. The summed E-state index contributed by atoms with van der Waals surface area (Å²) in [6, 6.07) is 0. The van der Waals surface area contributed by atoms with E-state index in [-0.39, 0.29) is 282 Å². The number of phosphoric acid groups is 2. The fraction of sp³-hybridized carbons (Fsp3) is 0. The molecular formula is H27Cl2K2Na3O20P2. The molecule has 0 aliphatic rings. The van der Waals surface area contributed by atoms with Gasteiger partial charge in [-0.3, -0.25) is 4.57 Å². The van der Waals surface area contributed by atoms with Gasteiger partial charge in [-0.2, -0.15) is 0 Å². The Morgan fingerprint density at radius 1 is 0.448 bits per heavy atom. The molecule has 0 rings (SSSR count). The monoisotopic (exact) mass is 626 g/mol. The van der Waals surface area contributed by atoms with Crippen LogP contribution in [0.1, 0.15) is 0 Å². The van der Waals surface area contributed by atoms with Gasteiger partial charge in [0.15, 0.2) is 0 Å². The van der Waals surface area contributed by atoms with Crippen molar-refractivity contribution in [2.75, 3.05) is 0 Å². The molecule has 0 aromatic heterocycles. The van der Waals surface area contributed by atoms with Crippen LogP contribution in [0.4, 0.5) is 0 Å². The summed E-state index contributed by atoms with van der Waals surface area (Å²) in [6.45, 7) is 0. The Labute approximate surface area is 328 Å². The van der Waals surface area contributed by atoms with Crippen LogP contribution in [0, 0.1) is 0 Å². The van der Waals surface area contributed by atoms with Gasteiger partial charge in [-0.15, -0.1) is 0 Å². The van der Waals surface area contributed by atoms with E-state index in [4.69, 9.17) is 38.5 Å². The fourth-order valence-corrected chi connectivity index (χ4v) is 0.